The maximum atomic E-state index is 12.7. The average Bonchev–Trinajstić information content (AvgIpc) is 2.74. The summed E-state index contributed by atoms with van der Waals surface area (Å²) < 4.78 is 30.7. The summed E-state index contributed by atoms with van der Waals surface area (Å²) in [5.74, 6) is -1.07. The molecule has 0 bridgehead atoms. The van der Waals surface area contributed by atoms with Gasteiger partial charge in [0.15, 0.2) is 5.75 Å². The highest BCUT2D eigenvalue weighted by molar-refractivity contribution is 7.87. The smallest absolute Gasteiger partial charge is 0.339 e. The molecule has 0 saturated carbocycles. The van der Waals surface area contributed by atoms with Crippen LogP contribution in [0.1, 0.15) is 5.56 Å². The van der Waals surface area contributed by atoms with Crippen molar-refractivity contribution in [3.63, 3.8) is 0 Å². The molecule has 3 rings (SSSR count). The normalized spacial score (nSPS) is 11.5. The Balaban J connectivity index is 2.00. The van der Waals surface area contributed by atoms with Crippen molar-refractivity contribution in [1.82, 2.24) is 0 Å². The highest BCUT2D eigenvalue weighted by Crippen LogP contribution is 2.36. The molecular weight excluding hydrogens is 530 g/mol. The minimum absolute atomic E-state index is 0.00262. The van der Waals surface area contributed by atoms with Gasteiger partial charge in [0.25, 0.3) is 5.91 Å². The molecule has 6 nitrogen and oxygen atoms in total. The van der Waals surface area contributed by atoms with Crippen molar-refractivity contribution in [3.05, 3.63) is 91.9 Å². The lowest BCUT2D eigenvalue weighted by Crippen LogP contribution is -2.14. The Morgan fingerprint density at radius 1 is 0.939 bits per heavy atom. The van der Waals surface area contributed by atoms with E-state index < -0.39 is 16.0 Å². The minimum atomic E-state index is -4.32. The SMILES string of the molecule is N#C/C(=C\c1cc(Cl)cc(Cl)c1OS(=O)(=O)c1ccc(Cl)cc1)C(=O)Nc1cccc(Cl)c1. The molecule has 0 radical (unpaired) electrons. The van der Waals surface area contributed by atoms with Gasteiger partial charge in [0, 0.05) is 26.3 Å². The fraction of sp³-hybridized carbons (Fsp3) is 0. The van der Waals surface area contributed by atoms with Gasteiger partial charge in [0.05, 0.1) is 5.02 Å². The van der Waals surface area contributed by atoms with E-state index in [0.717, 1.165) is 6.08 Å². The van der Waals surface area contributed by atoms with Gasteiger partial charge in [0.1, 0.15) is 16.5 Å². The van der Waals surface area contributed by atoms with Gasteiger partial charge in [0.2, 0.25) is 0 Å². The number of halogens is 4. The first-order chi connectivity index (χ1) is 15.6. The first-order valence-electron chi connectivity index (χ1n) is 8.97. The number of nitrogens with one attached hydrogen (secondary N) is 1. The number of rotatable bonds is 6. The van der Waals surface area contributed by atoms with Gasteiger partial charge in [-0.15, -0.1) is 0 Å². The summed E-state index contributed by atoms with van der Waals surface area (Å²) in [6.07, 6.45) is 1.12. The van der Waals surface area contributed by atoms with Crippen molar-refractivity contribution in [3.8, 4) is 11.8 Å². The number of nitrogens with zero attached hydrogens (tertiary/aromatic N) is 1. The zero-order valence-corrected chi connectivity index (χ0v) is 20.2. The Kier molecular flexibility index (Phi) is 7.90. The van der Waals surface area contributed by atoms with Gasteiger partial charge in [-0.25, -0.2) is 0 Å². The second kappa shape index (κ2) is 10.5. The number of carbonyl (C=O) groups is 1. The Bertz CT molecular complexity index is 1400. The summed E-state index contributed by atoms with van der Waals surface area (Å²) in [6.45, 7) is 0. The Hall–Kier alpha value is -2.73. The van der Waals surface area contributed by atoms with Gasteiger partial charge < -0.3 is 9.50 Å². The fourth-order valence-electron chi connectivity index (χ4n) is 2.60. The van der Waals surface area contributed by atoms with Gasteiger partial charge in [-0.1, -0.05) is 52.5 Å². The van der Waals surface area contributed by atoms with Gasteiger partial charge in [-0.05, 0) is 60.7 Å². The summed E-state index contributed by atoms with van der Waals surface area (Å²) in [6, 6.07) is 16.0. The zero-order chi connectivity index (χ0) is 24.2. The van der Waals surface area contributed by atoms with E-state index in [-0.39, 0.29) is 31.8 Å². The van der Waals surface area contributed by atoms with Gasteiger partial charge in [-0.2, -0.15) is 13.7 Å². The maximum Gasteiger partial charge on any atom is 0.339 e. The van der Waals surface area contributed by atoms with E-state index in [4.69, 9.17) is 50.6 Å². The molecule has 1 N–H and O–H groups in total. The molecule has 3 aromatic carbocycles. The van der Waals surface area contributed by atoms with Crippen LogP contribution in [0.2, 0.25) is 20.1 Å². The molecule has 0 aromatic heterocycles. The molecule has 0 atom stereocenters. The highest BCUT2D eigenvalue weighted by atomic mass is 35.5. The molecule has 0 aliphatic carbocycles. The van der Waals surface area contributed by atoms with Crippen molar-refractivity contribution in [1.29, 1.82) is 5.26 Å². The summed E-state index contributed by atoms with van der Waals surface area (Å²) in [5, 5.41) is 12.8. The number of anilines is 1. The molecule has 0 fully saturated rings. The summed E-state index contributed by atoms with van der Waals surface area (Å²) >= 11 is 23.9. The first kappa shape index (κ1) is 24.9. The summed E-state index contributed by atoms with van der Waals surface area (Å²) in [4.78, 5) is 12.4. The van der Waals surface area contributed by atoms with Crippen molar-refractivity contribution in [2.24, 2.45) is 0 Å². The van der Waals surface area contributed by atoms with Crippen LogP contribution in [0.15, 0.2) is 71.1 Å². The van der Waals surface area contributed by atoms with Crippen molar-refractivity contribution in [2.75, 3.05) is 5.32 Å². The van der Waals surface area contributed by atoms with Crippen LogP contribution in [0, 0.1) is 11.3 Å². The van der Waals surface area contributed by atoms with Crippen LogP contribution in [0.5, 0.6) is 5.75 Å². The number of benzene rings is 3. The molecule has 1 amide bonds. The van der Waals surface area contributed by atoms with Crippen LogP contribution < -0.4 is 9.50 Å². The molecule has 11 heteroatoms. The maximum absolute atomic E-state index is 12.7. The Morgan fingerprint density at radius 2 is 1.64 bits per heavy atom. The van der Waals surface area contributed by atoms with Crippen LogP contribution in [0.4, 0.5) is 5.69 Å². The third-order valence-electron chi connectivity index (χ3n) is 4.08. The molecule has 3 aromatic rings. The zero-order valence-electron chi connectivity index (χ0n) is 16.4. The van der Waals surface area contributed by atoms with Crippen LogP contribution in [-0.4, -0.2) is 14.3 Å². The highest BCUT2D eigenvalue weighted by Gasteiger charge is 2.22. The lowest BCUT2D eigenvalue weighted by molar-refractivity contribution is -0.112. The van der Waals surface area contributed by atoms with E-state index in [0.29, 0.717) is 15.7 Å². The predicted octanol–water partition coefficient (Wildman–Crippen LogP) is 6.61. The third kappa shape index (κ3) is 6.41. The number of hydrogen-bond acceptors (Lipinski definition) is 5. The largest absolute Gasteiger partial charge is 0.377 e. The lowest BCUT2D eigenvalue weighted by atomic mass is 10.1. The number of carbonyl (C=O) groups excluding carboxylic acids is 1. The van der Waals surface area contributed by atoms with E-state index in [9.17, 15) is 18.5 Å². The molecule has 0 heterocycles. The fourth-order valence-corrected chi connectivity index (χ4v) is 4.48. The quantitative estimate of drug-likeness (QED) is 0.215. The Morgan fingerprint density at radius 3 is 2.27 bits per heavy atom. The van der Waals surface area contributed by atoms with E-state index in [1.54, 1.807) is 24.3 Å². The average molecular weight is 542 g/mol. The number of nitriles is 1. The second-order valence-corrected chi connectivity index (χ2v) is 9.69. The van der Waals surface area contributed by atoms with E-state index >= 15 is 0 Å². The van der Waals surface area contributed by atoms with Crippen molar-refractivity contribution < 1.29 is 17.4 Å². The van der Waals surface area contributed by atoms with Crippen LogP contribution in [-0.2, 0) is 14.9 Å². The molecule has 0 aliphatic heterocycles. The van der Waals surface area contributed by atoms with Gasteiger partial charge >= 0.3 is 10.1 Å². The number of hydrogen-bond donors (Lipinski definition) is 1. The van der Waals surface area contributed by atoms with E-state index in [2.05, 4.69) is 5.32 Å². The van der Waals surface area contributed by atoms with Crippen molar-refractivity contribution >= 4 is 74.2 Å². The first-order valence-corrected chi connectivity index (χ1v) is 11.9. The summed E-state index contributed by atoms with van der Waals surface area (Å²) in [7, 11) is -4.32. The molecule has 0 aliphatic rings. The van der Waals surface area contributed by atoms with Crippen LogP contribution in [0.25, 0.3) is 6.08 Å². The van der Waals surface area contributed by atoms with Crippen LogP contribution in [0.3, 0.4) is 0 Å². The molecule has 33 heavy (non-hydrogen) atoms. The van der Waals surface area contributed by atoms with E-state index in [1.807, 2.05) is 0 Å². The molecule has 0 spiro atoms. The van der Waals surface area contributed by atoms with Crippen LogP contribution >= 0.6 is 46.4 Å². The molecule has 0 saturated heterocycles. The van der Waals surface area contributed by atoms with Crippen molar-refractivity contribution in [2.45, 2.75) is 4.90 Å². The number of amides is 1. The topological polar surface area (TPSA) is 96.3 Å². The minimum Gasteiger partial charge on any atom is -0.377 e. The molecule has 0 unspecified atom stereocenters. The third-order valence-corrected chi connectivity index (χ3v) is 6.30. The monoisotopic (exact) mass is 540 g/mol. The molecular formula is C22H12Cl4N2O4S. The standard InChI is InChI=1S/C22H12Cl4N2O4S/c23-15-4-6-19(7-5-15)33(30,31)32-21-13(9-17(25)11-20(21)26)8-14(12-27)22(29)28-18-3-1-2-16(24)10-18/h1-11H,(H,28,29)/b14-8+. The van der Waals surface area contributed by atoms with E-state index in [1.165, 1.54) is 42.5 Å². The Labute approximate surface area is 210 Å². The van der Waals surface area contributed by atoms with Gasteiger partial charge in [-0.3, -0.25) is 4.79 Å². The molecule has 168 valence electrons. The predicted molar refractivity (Wildman–Crippen MR) is 129 cm³/mol. The second-order valence-electron chi connectivity index (χ2n) is 6.43. The lowest BCUT2D eigenvalue weighted by Gasteiger charge is -2.12. The summed E-state index contributed by atoms with van der Waals surface area (Å²) in [5.41, 5.74) is 0.00412.